The molecule has 3 saturated carbocycles. The number of aromatic nitrogens is 2. The van der Waals surface area contributed by atoms with Crippen LogP contribution in [0.25, 0.3) is 0 Å². The highest BCUT2D eigenvalue weighted by Gasteiger charge is 2.56. The Morgan fingerprint density at radius 2 is 1.96 bits per heavy atom. The van der Waals surface area contributed by atoms with Gasteiger partial charge in [-0.25, -0.2) is 22.6 Å². The van der Waals surface area contributed by atoms with E-state index in [-0.39, 0.29) is 31.7 Å². The summed E-state index contributed by atoms with van der Waals surface area (Å²) in [6.45, 7) is 3.60. The van der Waals surface area contributed by atoms with Crippen molar-refractivity contribution in [1.29, 1.82) is 0 Å². The van der Waals surface area contributed by atoms with Gasteiger partial charge in [-0.3, -0.25) is 5.32 Å². The molecular weight excluding hydrogens is 347 g/mol. The first kappa shape index (κ1) is 17.7. The van der Waals surface area contributed by atoms with Crippen molar-refractivity contribution in [3.8, 4) is 0 Å². The number of carbonyl (C=O) groups is 1. The van der Waals surface area contributed by atoms with Crippen molar-refractivity contribution < 1.29 is 22.7 Å². The number of halogens is 3. The van der Waals surface area contributed by atoms with Crippen molar-refractivity contribution in [2.24, 2.45) is 0 Å². The summed E-state index contributed by atoms with van der Waals surface area (Å²) in [5.41, 5.74) is 0.653. The SMILES string of the molecule is Cc1c(C2(C)CC(F)(F)C2)nn(C2CCC2)c1NC(=O)OC1CC(F)C1. The number of alkyl halides is 3. The third-order valence-corrected chi connectivity index (χ3v) is 5.97. The standard InChI is InChI=1S/C18H24F3N3O2/c1-10-14(17(2)8-18(20,21)9-17)23-24(12-4-3-5-12)15(10)22-16(25)26-13-6-11(19)7-13/h11-13H,3-9H2,1-2H3,(H,22,25). The molecule has 3 aliphatic rings. The van der Waals surface area contributed by atoms with Crippen LogP contribution in [0.15, 0.2) is 0 Å². The van der Waals surface area contributed by atoms with Crippen molar-refractivity contribution >= 4 is 11.9 Å². The number of nitrogens with zero attached hydrogens (tertiary/aromatic N) is 2. The lowest BCUT2D eigenvalue weighted by Crippen LogP contribution is -2.47. The maximum atomic E-state index is 13.5. The monoisotopic (exact) mass is 371 g/mol. The third-order valence-electron chi connectivity index (χ3n) is 5.97. The van der Waals surface area contributed by atoms with E-state index in [0.29, 0.717) is 17.1 Å². The minimum Gasteiger partial charge on any atom is -0.446 e. The van der Waals surface area contributed by atoms with Gasteiger partial charge in [0.15, 0.2) is 0 Å². The van der Waals surface area contributed by atoms with Crippen molar-refractivity contribution in [3.05, 3.63) is 11.3 Å². The topological polar surface area (TPSA) is 56.2 Å². The Morgan fingerprint density at radius 1 is 1.31 bits per heavy atom. The molecule has 1 amide bonds. The molecule has 0 spiro atoms. The van der Waals surface area contributed by atoms with E-state index >= 15 is 0 Å². The number of amides is 1. The number of hydrogen-bond donors (Lipinski definition) is 1. The molecule has 0 bridgehead atoms. The smallest absolute Gasteiger partial charge is 0.413 e. The zero-order valence-electron chi connectivity index (χ0n) is 15.0. The summed E-state index contributed by atoms with van der Waals surface area (Å²) in [5.74, 6) is -2.14. The van der Waals surface area contributed by atoms with Crippen molar-refractivity contribution in [1.82, 2.24) is 9.78 Å². The summed E-state index contributed by atoms with van der Waals surface area (Å²) in [6.07, 6.45) is 1.04. The minimum atomic E-state index is -2.65. The van der Waals surface area contributed by atoms with Crippen molar-refractivity contribution in [3.63, 3.8) is 0 Å². The van der Waals surface area contributed by atoms with Crippen LogP contribution in [0.3, 0.4) is 0 Å². The fourth-order valence-corrected chi connectivity index (χ4v) is 4.27. The quantitative estimate of drug-likeness (QED) is 0.838. The summed E-state index contributed by atoms with van der Waals surface area (Å²) in [4.78, 5) is 12.2. The minimum absolute atomic E-state index is 0.167. The first-order valence-corrected chi connectivity index (χ1v) is 9.26. The molecule has 0 unspecified atom stereocenters. The van der Waals surface area contributed by atoms with Gasteiger partial charge < -0.3 is 4.74 Å². The van der Waals surface area contributed by atoms with Crippen LogP contribution in [0.1, 0.15) is 69.2 Å². The van der Waals surface area contributed by atoms with Crippen molar-refractivity contribution in [2.45, 2.75) is 88.4 Å². The molecule has 4 rings (SSSR count). The molecule has 0 aliphatic heterocycles. The van der Waals surface area contributed by atoms with Crippen LogP contribution < -0.4 is 5.32 Å². The van der Waals surface area contributed by atoms with Crippen LogP contribution in [0, 0.1) is 6.92 Å². The predicted octanol–water partition coefficient (Wildman–Crippen LogP) is 4.65. The highest BCUT2D eigenvalue weighted by atomic mass is 19.3. The van der Waals surface area contributed by atoms with E-state index < -0.39 is 29.7 Å². The lowest BCUT2D eigenvalue weighted by atomic mass is 9.65. The Morgan fingerprint density at radius 3 is 2.46 bits per heavy atom. The van der Waals surface area contributed by atoms with E-state index in [0.717, 1.165) is 19.3 Å². The van der Waals surface area contributed by atoms with Gasteiger partial charge in [-0.15, -0.1) is 0 Å². The summed E-state index contributed by atoms with van der Waals surface area (Å²) < 4.78 is 46.8. The molecule has 0 saturated heterocycles. The molecule has 3 fully saturated rings. The number of ether oxygens (including phenoxy) is 1. The molecule has 1 heterocycles. The zero-order chi connectivity index (χ0) is 18.7. The molecule has 1 aromatic heterocycles. The maximum absolute atomic E-state index is 13.5. The Hall–Kier alpha value is -1.73. The average molecular weight is 371 g/mol. The highest BCUT2D eigenvalue weighted by Crippen LogP contribution is 2.54. The molecule has 144 valence electrons. The molecule has 1 N–H and O–H groups in total. The first-order valence-electron chi connectivity index (χ1n) is 9.26. The van der Waals surface area contributed by atoms with Gasteiger partial charge in [0.2, 0.25) is 5.92 Å². The molecular formula is C18H24F3N3O2. The third kappa shape index (κ3) is 2.97. The summed E-state index contributed by atoms with van der Waals surface area (Å²) in [7, 11) is 0. The van der Waals surface area contributed by atoms with Gasteiger partial charge in [-0.1, -0.05) is 6.92 Å². The predicted molar refractivity (Wildman–Crippen MR) is 89.4 cm³/mol. The fourth-order valence-electron chi connectivity index (χ4n) is 4.27. The van der Waals surface area contributed by atoms with Crippen LogP contribution in [0.4, 0.5) is 23.8 Å². The number of carbonyl (C=O) groups excluding carboxylic acids is 1. The molecule has 3 aliphatic carbocycles. The molecule has 1 aromatic rings. The summed E-state index contributed by atoms with van der Waals surface area (Å²) in [6, 6.07) is 0.167. The van der Waals surface area contributed by atoms with Gasteiger partial charge in [-0.05, 0) is 26.2 Å². The molecule has 0 atom stereocenters. The Labute approximate surface area is 150 Å². The summed E-state index contributed by atoms with van der Waals surface area (Å²) >= 11 is 0. The van der Waals surface area contributed by atoms with E-state index in [1.165, 1.54) is 0 Å². The van der Waals surface area contributed by atoms with Crippen molar-refractivity contribution in [2.75, 3.05) is 5.32 Å². The normalized spacial score (nSPS) is 29.3. The van der Waals surface area contributed by atoms with Crippen LogP contribution >= 0.6 is 0 Å². The number of nitrogens with one attached hydrogen (secondary N) is 1. The maximum Gasteiger partial charge on any atom is 0.413 e. The lowest BCUT2D eigenvalue weighted by Gasteiger charge is -2.44. The van der Waals surface area contributed by atoms with Crippen LogP contribution in [0.5, 0.6) is 0 Å². The van der Waals surface area contributed by atoms with E-state index in [1.807, 2.05) is 0 Å². The van der Waals surface area contributed by atoms with E-state index in [1.54, 1.807) is 18.5 Å². The highest BCUT2D eigenvalue weighted by molar-refractivity contribution is 5.85. The Balaban J connectivity index is 1.55. The molecule has 26 heavy (non-hydrogen) atoms. The Bertz CT molecular complexity index is 716. The van der Waals surface area contributed by atoms with Gasteiger partial charge in [0, 0.05) is 36.7 Å². The zero-order valence-corrected chi connectivity index (χ0v) is 15.0. The number of anilines is 1. The van der Waals surface area contributed by atoms with Gasteiger partial charge >= 0.3 is 6.09 Å². The second-order valence-corrected chi connectivity index (χ2v) is 8.34. The number of hydrogen-bond acceptors (Lipinski definition) is 3. The van der Waals surface area contributed by atoms with Crippen LogP contribution in [-0.4, -0.2) is 34.1 Å². The number of rotatable bonds is 4. The van der Waals surface area contributed by atoms with Gasteiger partial charge in [0.05, 0.1) is 11.7 Å². The molecule has 0 aromatic carbocycles. The van der Waals surface area contributed by atoms with E-state index in [2.05, 4.69) is 10.4 Å². The first-order chi connectivity index (χ1) is 12.2. The van der Waals surface area contributed by atoms with Crippen LogP contribution in [0.2, 0.25) is 0 Å². The van der Waals surface area contributed by atoms with Crippen LogP contribution in [-0.2, 0) is 10.2 Å². The Kier molecular flexibility index (Phi) is 4.00. The van der Waals surface area contributed by atoms with Gasteiger partial charge in [-0.2, -0.15) is 5.10 Å². The van der Waals surface area contributed by atoms with Gasteiger partial charge in [0.1, 0.15) is 18.1 Å². The molecule has 8 heteroatoms. The second-order valence-electron chi connectivity index (χ2n) is 8.34. The van der Waals surface area contributed by atoms with Gasteiger partial charge in [0.25, 0.3) is 0 Å². The largest absolute Gasteiger partial charge is 0.446 e. The lowest BCUT2D eigenvalue weighted by molar-refractivity contribution is -0.122. The van der Waals surface area contributed by atoms with E-state index in [4.69, 9.17) is 4.74 Å². The molecule has 5 nitrogen and oxygen atoms in total. The molecule has 0 radical (unpaired) electrons. The average Bonchev–Trinajstić information content (AvgIpc) is 2.71. The fraction of sp³-hybridized carbons (Fsp3) is 0.778. The second kappa shape index (κ2) is 5.89. The van der Waals surface area contributed by atoms with E-state index in [9.17, 15) is 18.0 Å². The summed E-state index contributed by atoms with van der Waals surface area (Å²) in [5, 5.41) is 7.36.